The number of hydrogen-bond donors (Lipinski definition) is 3. The molecule has 8 nitrogen and oxygen atoms in total. The van der Waals surface area contributed by atoms with Gasteiger partial charge in [-0.25, -0.2) is 19.3 Å². The summed E-state index contributed by atoms with van der Waals surface area (Å²) in [7, 11) is 0. The summed E-state index contributed by atoms with van der Waals surface area (Å²) in [5.74, 6) is 0.711. The van der Waals surface area contributed by atoms with Gasteiger partial charge in [0.15, 0.2) is 5.82 Å². The molecule has 10 heteroatoms. The number of halogens is 2. The van der Waals surface area contributed by atoms with Crippen LogP contribution < -0.4 is 5.32 Å². The van der Waals surface area contributed by atoms with Gasteiger partial charge in [0.2, 0.25) is 5.95 Å². The first-order valence-electron chi connectivity index (χ1n) is 11.7. The molecule has 2 aromatic heterocycles. The first kappa shape index (κ1) is 22.2. The molecule has 3 aliphatic carbocycles. The zero-order chi connectivity index (χ0) is 23.8. The minimum absolute atomic E-state index is 0.0615. The van der Waals surface area contributed by atoms with Gasteiger partial charge in [-0.05, 0) is 51.7 Å². The Morgan fingerprint density at radius 3 is 2.71 bits per heavy atom. The zero-order valence-corrected chi connectivity index (χ0v) is 19.8. The second kappa shape index (κ2) is 7.58. The molecule has 3 saturated carbocycles. The van der Waals surface area contributed by atoms with Crippen LogP contribution in [0.15, 0.2) is 18.3 Å². The molecule has 1 aliphatic heterocycles. The number of nitrogens with zero attached hydrogens (tertiary/aromatic N) is 4. The lowest BCUT2D eigenvalue weighted by Gasteiger charge is -2.67. The fourth-order valence-corrected chi connectivity index (χ4v) is 6.05. The summed E-state index contributed by atoms with van der Waals surface area (Å²) in [6.07, 6.45) is 3.46. The molecule has 4 aliphatic rings. The van der Waals surface area contributed by atoms with Gasteiger partial charge >= 0.3 is 0 Å². The minimum atomic E-state index is -0.667. The van der Waals surface area contributed by atoms with Crippen LogP contribution in [-0.2, 0) is 10.2 Å². The Morgan fingerprint density at radius 2 is 2.03 bits per heavy atom. The average Bonchev–Trinajstić information content (AvgIpc) is 3.14. The zero-order valence-electron chi connectivity index (χ0n) is 19.1. The Hall–Kier alpha value is -2.33. The molecule has 0 unspecified atom stereocenters. The predicted molar refractivity (Wildman–Crippen MR) is 125 cm³/mol. The summed E-state index contributed by atoms with van der Waals surface area (Å²) in [6.45, 7) is 4.89. The van der Waals surface area contributed by atoms with Gasteiger partial charge in [-0.3, -0.25) is 0 Å². The van der Waals surface area contributed by atoms with E-state index >= 15 is 4.39 Å². The number of benzene rings is 1. The quantitative estimate of drug-likeness (QED) is 0.505. The highest BCUT2D eigenvalue weighted by Gasteiger charge is 2.70. The van der Waals surface area contributed by atoms with Crippen LogP contribution in [0.4, 0.5) is 10.3 Å². The standard InChI is InChI=1S/C24H27ClFN5O3/c1-12(2)31-17-6-13(5-15(26)20(17)29-21(31)23-9-24(33,10-23)11-23)19-14(25)7-27-22(30-19)28-16-3-4-34-8-18(16)32/h5-7,12,16,18,32-33H,3-4,8-11H2,1-2H3,(H,27,28,30)/t16-,18-,23?,24?/m1/s1. The highest BCUT2D eigenvalue weighted by Crippen LogP contribution is 2.67. The Kier molecular flexibility index (Phi) is 4.94. The molecular formula is C24H27ClFN5O3. The van der Waals surface area contributed by atoms with Crippen LogP contribution in [0.3, 0.4) is 0 Å². The predicted octanol–water partition coefficient (Wildman–Crippen LogP) is 3.59. The van der Waals surface area contributed by atoms with E-state index in [9.17, 15) is 10.2 Å². The van der Waals surface area contributed by atoms with E-state index in [0.29, 0.717) is 65.6 Å². The highest BCUT2D eigenvalue weighted by atomic mass is 35.5. The van der Waals surface area contributed by atoms with Gasteiger partial charge in [0, 0.05) is 23.6 Å². The summed E-state index contributed by atoms with van der Waals surface area (Å²) in [4.78, 5) is 13.5. The third kappa shape index (κ3) is 3.32. The van der Waals surface area contributed by atoms with E-state index in [-0.39, 0.29) is 24.1 Å². The van der Waals surface area contributed by atoms with Crippen LogP contribution in [0.2, 0.25) is 5.02 Å². The van der Waals surface area contributed by atoms with E-state index in [4.69, 9.17) is 21.3 Å². The SMILES string of the molecule is CC(C)n1c(C23CC(O)(C2)C3)nc2c(F)cc(-c3nc(N[C@@H]4CCOC[C@H]4O)ncc3Cl)cc21. The summed E-state index contributed by atoms with van der Waals surface area (Å²) in [5.41, 5.74) is 1.19. The van der Waals surface area contributed by atoms with Gasteiger partial charge in [0.25, 0.3) is 0 Å². The molecule has 1 saturated heterocycles. The lowest BCUT2D eigenvalue weighted by Crippen LogP contribution is -2.70. The number of ether oxygens (including phenoxy) is 1. The van der Waals surface area contributed by atoms with E-state index in [1.807, 2.05) is 19.9 Å². The van der Waals surface area contributed by atoms with Crippen molar-refractivity contribution in [3.05, 3.63) is 35.0 Å². The summed E-state index contributed by atoms with van der Waals surface area (Å²) in [6, 6.07) is 3.10. The van der Waals surface area contributed by atoms with Gasteiger partial charge in [0.1, 0.15) is 11.3 Å². The molecule has 7 rings (SSSR count). The van der Waals surface area contributed by atoms with Crippen molar-refractivity contribution < 1.29 is 19.3 Å². The summed E-state index contributed by atoms with van der Waals surface area (Å²) >= 11 is 6.44. The molecule has 0 radical (unpaired) electrons. The Morgan fingerprint density at radius 1 is 1.26 bits per heavy atom. The lowest BCUT2D eigenvalue weighted by atomic mass is 9.41. The van der Waals surface area contributed by atoms with Gasteiger partial charge in [0.05, 0.1) is 46.8 Å². The van der Waals surface area contributed by atoms with Crippen molar-refractivity contribution in [1.82, 2.24) is 19.5 Å². The van der Waals surface area contributed by atoms with E-state index in [1.165, 1.54) is 12.3 Å². The number of aliphatic hydroxyl groups is 2. The molecule has 0 amide bonds. The monoisotopic (exact) mass is 487 g/mol. The molecule has 180 valence electrons. The van der Waals surface area contributed by atoms with Crippen molar-refractivity contribution in [2.75, 3.05) is 18.5 Å². The largest absolute Gasteiger partial charge is 0.390 e. The fourth-order valence-electron chi connectivity index (χ4n) is 5.85. The molecule has 34 heavy (non-hydrogen) atoms. The number of nitrogens with one attached hydrogen (secondary N) is 1. The van der Waals surface area contributed by atoms with Crippen LogP contribution in [0.5, 0.6) is 0 Å². The number of imidazole rings is 1. The average molecular weight is 488 g/mol. The maximum absolute atomic E-state index is 15.4. The molecule has 2 bridgehead atoms. The maximum atomic E-state index is 15.4. The number of aliphatic hydroxyl groups excluding tert-OH is 1. The number of aromatic nitrogens is 4. The van der Waals surface area contributed by atoms with Gasteiger partial charge in [-0.15, -0.1) is 0 Å². The van der Waals surface area contributed by atoms with Gasteiger partial charge < -0.3 is 24.8 Å². The summed E-state index contributed by atoms with van der Waals surface area (Å²) < 4.78 is 22.7. The van der Waals surface area contributed by atoms with Crippen molar-refractivity contribution >= 4 is 28.6 Å². The number of rotatable bonds is 5. The van der Waals surface area contributed by atoms with Crippen LogP contribution in [0.25, 0.3) is 22.3 Å². The van der Waals surface area contributed by atoms with Crippen LogP contribution in [0, 0.1) is 5.82 Å². The van der Waals surface area contributed by atoms with Crippen LogP contribution in [0.1, 0.15) is 51.4 Å². The smallest absolute Gasteiger partial charge is 0.223 e. The van der Waals surface area contributed by atoms with Crippen molar-refractivity contribution in [3.8, 4) is 11.3 Å². The van der Waals surface area contributed by atoms with Crippen LogP contribution in [-0.4, -0.2) is 60.7 Å². The Balaban J connectivity index is 1.41. The van der Waals surface area contributed by atoms with E-state index in [0.717, 1.165) is 5.82 Å². The second-order valence-corrected chi connectivity index (χ2v) is 10.7. The topological polar surface area (TPSA) is 105 Å². The first-order valence-corrected chi connectivity index (χ1v) is 12.1. The normalized spacial score (nSPS) is 30.3. The Labute approximate surface area is 201 Å². The summed E-state index contributed by atoms with van der Waals surface area (Å²) in [5, 5.41) is 23.9. The maximum Gasteiger partial charge on any atom is 0.223 e. The molecular weight excluding hydrogens is 461 g/mol. The van der Waals surface area contributed by atoms with Gasteiger partial charge in [-0.2, -0.15) is 0 Å². The van der Waals surface area contributed by atoms with Crippen molar-refractivity contribution in [1.29, 1.82) is 0 Å². The molecule has 1 aromatic carbocycles. The molecule has 3 N–H and O–H groups in total. The minimum Gasteiger partial charge on any atom is -0.390 e. The van der Waals surface area contributed by atoms with Crippen molar-refractivity contribution in [2.45, 2.75) is 68.7 Å². The van der Waals surface area contributed by atoms with E-state index < -0.39 is 17.5 Å². The van der Waals surface area contributed by atoms with Crippen LogP contribution >= 0.6 is 11.6 Å². The third-order valence-electron chi connectivity index (χ3n) is 7.40. The molecule has 3 heterocycles. The van der Waals surface area contributed by atoms with E-state index in [2.05, 4.69) is 19.9 Å². The molecule has 2 atom stereocenters. The van der Waals surface area contributed by atoms with Gasteiger partial charge in [-0.1, -0.05) is 11.6 Å². The molecule has 4 fully saturated rings. The second-order valence-electron chi connectivity index (χ2n) is 10.3. The van der Waals surface area contributed by atoms with E-state index in [1.54, 1.807) is 0 Å². The lowest BCUT2D eigenvalue weighted by molar-refractivity contribution is -0.217. The first-order chi connectivity index (χ1) is 16.2. The van der Waals surface area contributed by atoms with Crippen molar-refractivity contribution in [3.63, 3.8) is 0 Å². The molecule has 3 aromatic rings. The fraction of sp³-hybridized carbons (Fsp3) is 0.542. The third-order valence-corrected chi connectivity index (χ3v) is 7.68. The number of anilines is 1. The molecule has 0 spiro atoms. The highest BCUT2D eigenvalue weighted by molar-refractivity contribution is 6.33. The number of hydrogen-bond acceptors (Lipinski definition) is 7. The van der Waals surface area contributed by atoms with Crippen molar-refractivity contribution in [2.24, 2.45) is 0 Å². The number of fused-ring (bicyclic) bond motifs is 1. The Bertz CT molecular complexity index is 1280.